The number of likely N-dealkylation sites (N-methyl/N-ethyl adjacent to an activating group) is 1. The Bertz CT molecular complexity index is 608. The number of carbonyl (C=O) groups is 1. The molecule has 0 aliphatic carbocycles. The zero-order chi connectivity index (χ0) is 15.2. The topological polar surface area (TPSA) is 55.6 Å². The minimum Gasteiger partial charge on any atom is -0.484 e. The Labute approximate surface area is 125 Å². The van der Waals surface area contributed by atoms with Crippen molar-refractivity contribution in [2.24, 2.45) is 0 Å². The van der Waals surface area contributed by atoms with Gasteiger partial charge >= 0.3 is 0 Å². The zero-order valence-corrected chi connectivity index (χ0v) is 12.4. The van der Waals surface area contributed by atoms with Crippen LogP contribution in [0.3, 0.4) is 0 Å². The second-order valence-corrected chi connectivity index (χ2v) is 4.78. The van der Waals surface area contributed by atoms with Gasteiger partial charge in [-0.2, -0.15) is 0 Å². The molecule has 2 N–H and O–H groups in total. The first-order chi connectivity index (χ1) is 10.1. The lowest BCUT2D eigenvalue weighted by Gasteiger charge is -2.23. The normalized spacial score (nSPS) is 10.2. The lowest BCUT2D eigenvalue weighted by molar-refractivity contribution is -0.120. The maximum absolute atomic E-state index is 12.3. The molecule has 0 bridgehead atoms. The second kappa shape index (κ2) is 6.79. The predicted molar refractivity (Wildman–Crippen MR) is 85.6 cm³/mol. The van der Waals surface area contributed by atoms with E-state index in [0.29, 0.717) is 18.0 Å². The highest BCUT2D eigenvalue weighted by Gasteiger charge is 2.16. The molecular formula is C17H20N2O2. The number of nitrogens with zero attached hydrogens (tertiary/aromatic N) is 1. The predicted octanol–water partition coefficient (Wildman–Crippen LogP) is 3.01. The van der Waals surface area contributed by atoms with Gasteiger partial charge in [0.1, 0.15) is 5.75 Å². The van der Waals surface area contributed by atoms with Gasteiger partial charge in [0.2, 0.25) is 0 Å². The van der Waals surface area contributed by atoms with Crippen molar-refractivity contribution in [3.8, 4) is 5.75 Å². The standard InChI is InChI=1S/C17H20N2O2/c1-3-19(16-7-5-4-6-13(16)2)17(20)12-21-15-10-8-14(18)9-11-15/h4-11H,3,12,18H2,1-2H3. The number of carbonyl (C=O) groups excluding carboxylic acids is 1. The molecule has 21 heavy (non-hydrogen) atoms. The van der Waals surface area contributed by atoms with E-state index in [-0.39, 0.29) is 12.5 Å². The van der Waals surface area contributed by atoms with Crippen LogP contribution in [0.1, 0.15) is 12.5 Å². The minimum absolute atomic E-state index is 0.00604. The van der Waals surface area contributed by atoms with Crippen LogP contribution < -0.4 is 15.4 Å². The number of aryl methyl sites for hydroxylation is 1. The summed E-state index contributed by atoms with van der Waals surface area (Å²) >= 11 is 0. The van der Waals surface area contributed by atoms with Gasteiger partial charge in [-0.1, -0.05) is 18.2 Å². The molecular weight excluding hydrogens is 264 g/mol. The monoisotopic (exact) mass is 284 g/mol. The maximum atomic E-state index is 12.3. The van der Waals surface area contributed by atoms with Crippen LogP contribution in [-0.2, 0) is 4.79 Å². The van der Waals surface area contributed by atoms with E-state index in [0.717, 1.165) is 11.3 Å². The lowest BCUT2D eigenvalue weighted by atomic mass is 10.2. The molecule has 0 heterocycles. The van der Waals surface area contributed by atoms with Gasteiger partial charge in [-0.3, -0.25) is 4.79 Å². The fraction of sp³-hybridized carbons (Fsp3) is 0.235. The molecule has 0 aromatic heterocycles. The zero-order valence-electron chi connectivity index (χ0n) is 12.4. The van der Waals surface area contributed by atoms with Crippen LogP contribution in [-0.4, -0.2) is 19.1 Å². The summed E-state index contributed by atoms with van der Waals surface area (Å²) in [5.74, 6) is 0.571. The number of nitrogen functional groups attached to an aromatic ring is 1. The Morgan fingerprint density at radius 2 is 1.81 bits per heavy atom. The third kappa shape index (κ3) is 3.75. The molecule has 0 saturated carbocycles. The SMILES string of the molecule is CCN(C(=O)COc1ccc(N)cc1)c1ccccc1C. The largest absolute Gasteiger partial charge is 0.484 e. The third-order valence-electron chi connectivity index (χ3n) is 3.27. The van der Waals surface area contributed by atoms with E-state index in [1.54, 1.807) is 29.2 Å². The Morgan fingerprint density at radius 3 is 2.43 bits per heavy atom. The molecule has 0 saturated heterocycles. The van der Waals surface area contributed by atoms with Crippen LogP contribution in [0, 0.1) is 6.92 Å². The van der Waals surface area contributed by atoms with E-state index in [1.807, 2.05) is 38.1 Å². The lowest BCUT2D eigenvalue weighted by Crippen LogP contribution is -2.35. The van der Waals surface area contributed by atoms with Crippen molar-refractivity contribution in [1.82, 2.24) is 0 Å². The summed E-state index contributed by atoms with van der Waals surface area (Å²) in [4.78, 5) is 14.1. The van der Waals surface area contributed by atoms with Crippen molar-refractivity contribution >= 4 is 17.3 Å². The molecule has 1 amide bonds. The van der Waals surface area contributed by atoms with Gasteiger partial charge in [0.15, 0.2) is 6.61 Å². The molecule has 2 rings (SSSR count). The highest BCUT2D eigenvalue weighted by molar-refractivity contribution is 5.95. The molecule has 0 fully saturated rings. The van der Waals surface area contributed by atoms with Crippen LogP contribution in [0.25, 0.3) is 0 Å². The van der Waals surface area contributed by atoms with E-state index >= 15 is 0 Å². The fourth-order valence-corrected chi connectivity index (χ4v) is 2.13. The second-order valence-electron chi connectivity index (χ2n) is 4.78. The van der Waals surface area contributed by atoms with E-state index in [1.165, 1.54) is 0 Å². The molecule has 0 unspecified atom stereocenters. The summed E-state index contributed by atoms with van der Waals surface area (Å²) in [5, 5.41) is 0. The van der Waals surface area contributed by atoms with Crippen LogP contribution in [0.15, 0.2) is 48.5 Å². The molecule has 4 heteroatoms. The van der Waals surface area contributed by atoms with Gasteiger partial charge in [-0.15, -0.1) is 0 Å². The Morgan fingerprint density at radius 1 is 1.14 bits per heavy atom. The molecule has 2 aromatic rings. The van der Waals surface area contributed by atoms with Crippen molar-refractivity contribution < 1.29 is 9.53 Å². The number of anilines is 2. The van der Waals surface area contributed by atoms with Crippen molar-refractivity contribution in [2.45, 2.75) is 13.8 Å². The molecule has 2 aromatic carbocycles. The average molecular weight is 284 g/mol. The Kier molecular flexibility index (Phi) is 4.82. The quantitative estimate of drug-likeness (QED) is 0.859. The van der Waals surface area contributed by atoms with Crippen molar-refractivity contribution in [3.05, 3.63) is 54.1 Å². The summed E-state index contributed by atoms with van der Waals surface area (Å²) in [6, 6.07) is 14.8. The molecule has 110 valence electrons. The summed E-state index contributed by atoms with van der Waals surface area (Å²) < 4.78 is 5.52. The summed E-state index contributed by atoms with van der Waals surface area (Å²) in [5.41, 5.74) is 8.28. The molecule has 0 aliphatic heterocycles. The van der Waals surface area contributed by atoms with Gasteiger partial charge in [0.25, 0.3) is 5.91 Å². The number of nitrogens with two attached hydrogens (primary N) is 1. The van der Waals surface area contributed by atoms with Crippen molar-refractivity contribution in [2.75, 3.05) is 23.8 Å². The number of benzene rings is 2. The molecule has 0 atom stereocenters. The van der Waals surface area contributed by atoms with Crippen LogP contribution in [0.2, 0.25) is 0 Å². The van der Waals surface area contributed by atoms with Gasteiger partial charge in [-0.25, -0.2) is 0 Å². The van der Waals surface area contributed by atoms with E-state index in [2.05, 4.69) is 0 Å². The number of amides is 1. The van der Waals surface area contributed by atoms with E-state index in [9.17, 15) is 4.79 Å². The summed E-state index contributed by atoms with van der Waals surface area (Å²) in [6.45, 7) is 4.56. The number of rotatable bonds is 5. The molecule has 0 radical (unpaired) electrons. The van der Waals surface area contributed by atoms with Crippen LogP contribution >= 0.6 is 0 Å². The Hall–Kier alpha value is -2.49. The Balaban J connectivity index is 2.04. The first-order valence-electron chi connectivity index (χ1n) is 6.96. The van der Waals surface area contributed by atoms with Crippen molar-refractivity contribution in [1.29, 1.82) is 0 Å². The third-order valence-corrected chi connectivity index (χ3v) is 3.27. The van der Waals surface area contributed by atoms with Crippen LogP contribution in [0.5, 0.6) is 5.75 Å². The van der Waals surface area contributed by atoms with E-state index in [4.69, 9.17) is 10.5 Å². The summed E-state index contributed by atoms with van der Waals surface area (Å²) in [6.07, 6.45) is 0. The average Bonchev–Trinajstić information content (AvgIpc) is 2.49. The van der Waals surface area contributed by atoms with Gasteiger partial charge in [0, 0.05) is 17.9 Å². The number of hydrogen-bond acceptors (Lipinski definition) is 3. The van der Waals surface area contributed by atoms with Gasteiger partial charge in [0.05, 0.1) is 0 Å². The first-order valence-corrected chi connectivity index (χ1v) is 6.96. The van der Waals surface area contributed by atoms with Crippen molar-refractivity contribution in [3.63, 3.8) is 0 Å². The highest BCUT2D eigenvalue weighted by atomic mass is 16.5. The maximum Gasteiger partial charge on any atom is 0.264 e. The van der Waals surface area contributed by atoms with Gasteiger partial charge in [-0.05, 0) is 49.7 Å². The number of para-hydroxylation sites is 1. The minimum atomic E-state index is -0.0661. The van der Waals surface area contributed by atoms with E-state index < -0.39 is 0 Å². The van der Waals surface area contributed by atoms with Gasteiger partial charge < -0.3 is 15.4 Å². The smallest absolute Gasteiger partial charge is 0.264 e. The first kappa shape index (κ1) is 14.9. The molecule has 0 spiro atoms. The highest BCUT2D eigenvalue weighted by Crippen LogP contribution is 2.20. The fourth-order valence-electron chi connectivity index (χ4n) is 2.13. The molecule has 0 aliphatic rings. The van der Waals surface area contributed by atoms with Crippen LogP contribution in [0.4, 0.5) is 11.4 Å². The number of ether oxygens (including phenoxy) is 1. The number of hydrogen-bond donors (Lipinski definition) is 1. The summed E-state index contributed by atoms with van der Waals surface area (Å²) in [7, 11) is 0. The molecule has 4 nitrogen and oxygen atoms in total.